The molecule has 1 saturated heterocycles. The van der Waals surface area contributed by atoms with E-state index in [1.807, 2.05) is 10.6 Å². The van der Waals surface area contributed by atoms with Gasteiger partial charge in [0.25, 0.3) is 0 Å². The molecule has 1 fully saturated rings. The summed E-state index contributed by atoms with van der Waals surface area (Å²) in [6.07, 6.45) is 4.94. The van der Waals surface area contributed by atoms with Crippen LogP contribution in [-0.4, -0.2) is 39.1 Å². The Balaban J connectivity index is 2.08. The molecule has 0 radical (unpaired) electrons. The zero-order chi connectivity index (χ0) is 15.1. The number of primary amides is 1. The quantitative estimate of drug-likeness (QED) is 0.734. The van der Waals surface area contributed by atoms with E-state index >= 15 is 0 Å². The van der Waals surface area contributed by atoms with E-state index in [1.165, 1.54) is 5.54 Å². The second-order valence-electron chi connectivity index (χ2n) is 4.78. The SMILES string of the molecule is NC(=O)CCc1nnc(SCC=CCl)n1CC1CCCO1. The molecule has 1 amide bonds. The van der Waals surface area contributed by atoms with Crippen molar-refractivity contribution in [3.05, 3.63) is 17.4 Å². The minimum atomic E-state index is -0.332. The molecule has 1 aromatic heterocycles. The van der Waals surface area contributed by atoms with E-state index in [-0.39, 0.29) is 18.4 Å². The second-order valence-corrected chi connectivity index (χ2v) is 6.02. The zero-order valence-electron chi connectivity index (χ0n) is 11.7. The van der Waals surface area contributed by atoms with Gasteiger partial charge in [0.2, 0.25) is 5.91 Å². The van der Waals surface area contributed by atoms with Crippen LogP contribution < -0.4 is 5.73 Å². The number of carbonyl (C=O) groups excluding carboxylic acids is 1. The maximum Gasteiger partial charge on any atom is 0.217 e. The number of aromatic nitrogens is 3. The van der Waals surface area contributed by atoms with Crippen LogP contribution in [0.3, 0.4) is 0 Å². The van der Waals surface area contributed by atoms with Crippen LogP contribution in [0.5, 0.6) is 0 Å². The van der Waals surface area contributed by atoms with Gasteiger partial charge in [-0.2, -0.15) is 0 Å². The molecule has 6 nitrogen and oxygen atoms in total. The normalized spacial score (nSPS) is 18.6. The molecule has 2 rings (SSSR count). The summed E-state index contributed by atoms with van der Waals surface area (Å²) < 4.78 is 7.71. The third kappa shape index (κ3) is 5.01. The fraction of sp³-hybridized carbons (Fsp3) is 0.615. The monoisotopic (exact) mass is 330 g/mol. The highest BCUT2D eigenvalue weighted by Crippen LogP contribution is 2.22. The van der Waals surface area contributed by atoms with Crippen molar-refractivity contribution < 1.29 is 9.53 Å². The fourth-order valence-corrected chi connectivity index (χ4v) is 3.15. The number of amides is 1. The van der Waals surface area contributed by atoms with Crippen molar-refractivity contribution in [1.29, 1.82) is 0 Å². The van der Waals surface area contributed by atoms with Gasteiger partial charge >= 0.3 is 0 Å². The molecule has 0 saturated carbocycles. The lowest BCUT2D eigenvalue weighted by molar-refractivity contribution is -0.118. The molecule has 0 bridgehead atoms. The average molecular weight is 331 g/mol. The highest BCUT2D eigenvalue weighted by Gasteiger charge is 2.20. The number of hydrogen-bond acceptors (Lipinski definition) is 5. The molecule has 0 aromatic carbocycles. The summed E-state index contributed by atoms with van der Waals surface area (Å²) >= 11 is 7.08. The van der Waals surface area contributed by atoms with Gasteiger partial charge in [0.05, 0.1) is 12.6 Å². The van der Waals surface area contributed by atoms with E-state index in [1.54, 1.807) is 11.8 Å². The first-order valence-corrected chi connectivity index (χ1v) is 8.33. The Labute approximate surface area is 133 Å². The predicted molar refractivity (Wildman–Crippen MR) is 82.2 cm³/mol. The Morgan fingerprint density at radius 2 is 2.43 bits per heavy atom. The van der Waals surface area contributed by atoms with E-state index < -0.39 is 0 Å². The fourth-order valence-electron chi connectivity index (χ4n) is 2.18. The van der Waals surface area contributed by atoms with Crippen LogP contribution in [0.2, 0.25) is 0 Å². The lowest BCUT2D eigenvalue weighted by atomic mass is 10.2. The largest absolute Gasteiger partial charge is 0.376 e. The van der Waals surface area contributed by atoms with E-state index in [9.17, 15) is 4.79 Å². The summed E-state index contributed by atoms with van der Waals surface area (Å²) in [5, 5.41) is 9.20. The molecule has 1 aromatic rings. The highest BCUT2D eigenvalue weighted by molar-refractivity contribution is 7.99. The van der Waals surface area contributed by atoms with E-state index in [4.69, 9.17) is 22.1 Å². The maximum atomic E-state index is 11.0. The molecule has 2 heterocycles. The lowest BCUT2D eigenvalue weighted by Gasteiger charge is -2.14. The summed E-state index contributed by atoms with van der Waals surface area (Å²) in [4.78, 5) is 11.0. The van der Waals surface area contributed by atoms with Crippen LogP contribution in [0, 0.1) is 0 Å². The number of aryl methyl sites for hydroxylation is 1. The van der Waals surface area contributed by atoms with Crippen LogP contribution in [0.25, 0.3) is 0 Å². The summed E-state index contributed by atoms with van der Waals surface area (Å²) in [6.45, 7) is 1.52. The first-order valence-electron chi connectivity index (χ1n) is 6.90. The highest BCUT2D eigenvalue weighted by atomic mass is 35.5. The Morgan fingerprint density at radius 3 is 3.10 bits per heavy atom. The van der Waals surface area contributed by atoms with Crippen LogP contribution >= 0.6 is 23.4 Å². The van der Waals surface area contributed by atoms with Gasteiger partial charge in [0.1, 0.15) is 5.82 Å². The Hall–Kier alpha value is -1.05. The van der Waals surface area contributed by atoms with E-state index in [0.717, 1.165) is 36.2 Å². The standard InChI is InChI=1S/C13H19ClN4O2S/c14-6-2-8-21-13-17-16-12(5-4-11(15)19)18(13)9-10-3-1-7-20-10/h2,6,10H,1,3-5,7-9H2,(H2,15,19). The number of hydrogen-bond donors (Lipinski definition) is 1. The Morgan fingerprint density at radius 1 is 1.57 bits per heavy atom. The molecule has 1 aliphatic rings. The average Bonchev–Trinajstić information content (AvgIpc) is 3.08. The molecule has 8 heteroatoms. The number of nitrogens with two attached hydrogens (primary N) is 1. The summed E-state index contributed by atoms with van der Waals surface area (Å²) in [5.74, 6) is 1.17. The Bertz CT molecular complexity index is 500. The van der Waals surface area contributed by atoms with Crippen LogP contribution in [0.4, 0.5) is 0 Å². The van der Waals surface area contributed by atoms with Gasteiger partial charge < -0.3 is 15.0 Å². The number of rotatable bonds is 8. The number of ether oxygens (including phenoxy) is 1. The van der Waals surface area contributed by atoms with Crippen LogP contribution in [0.15, 0.2) is 16.8 Å². The maximum absolute atomic E-state index is 11.0. The second kappa shape index (κ2) is 8.41. The van der Waals surface area contributed by atoms with Gasteiger partial charge in [-0.1, -0.05) is 29.4 Å². The first kappa shape index (κ1) is 16.3. The van der Waals surface area contributed by atoms with Crippen molar-refractivity contribution in [2.75, 3.05) is 12.4 Å². The van der Waals surface area contributed by atoms with Gasteiger partial charge in [-0.3, -0.25) is 4.79 Å². The lowest BCUT2D eigenvalue weighted by Crippen LogP contribution is -2.19. The predicted octanol–water partition coefficient (Wildman–Crippen LogP) is 1.72. The van der Waals surface area contributed by atoms with Crippen molar-refractivity contribution >= 4 is 29.3 Å². The zero-order valence-corrected chi connectivity index (χ0v) is 13.3. The molecule has 0 spiro atoms. The van der Waals surface area contributed by atoms with Crippen molar-refractivity contribution in [3.63, 3.8) is 0 Å². The minimum absolute atomic E-state index is 0.191. The van der Waals surface area contributed by atoms with E-state index in [2.05, 4.69) is 10.2 Å². The van der Waals surface area contributed by atoms with Crippen molar-refractivity contribution in [2.24, 2.45) is 5.73 Å². The van der Waals surface area contributed by atoms with Crippen molar-refractivity contribution in [1.82, 2.24) is 14.8 Å². The summed E-state index contributed by atoms with van der Waals surface area (Å²) in [6, 6.07) is 0. The van der Waals surface area contributed by atoms with Gasteiger partial charge in [0.15, 0.2) is 5.16 Å². The molecule has 1 unspecified atom stereocenters. The van der Waals surface area contributed by atoms with Gasteiger partial charge in [-0.25, -0.2) is 0 Å². The van der Waals surface area contributed by atoms with Gasteiger partial charge in [-0.15, -0.1) is 10.2 Å². The van der Waals surface area contributed by atoms with Crippen LogP contribution in [0.1, 0.15) is 25.1 Å². The number of carbonyl (C=O) groups is 1. The number of halogens is 1. The topological polar surface area (TPSA) is 83.0 Å². The molecular weight excluding hydrogens is 312 g/mol. The summed E-state index contributed by atoms with van der Waals surface area (Å²) in [5.41, 5.74) is 6.70. The first-order chi connectivity index (χ1) is 10.2. The molecule has 0 aliphatic carbocycles. The molecule has 1 atom stereocenters. The number of thioether (sulfide) groups is 1. The molecule has 21 heavy (non-hydrogen) atoms. The third-order valence-electron chi connectivity index (χ3n) is 3.20. The van der Waals surface area contributed by atoms with Crippen molar-refractivity contribution in [3.8, 4) is 0 Å². The summed E-state index contributed by atoms with van der Waals surface area (Å²) in [7, 11) is 0. The third-order valence-corrected chi connectivity index (χ3v) is 4.29. The Kier molecular flexibility index (Phi) is 6.53. The van der Waals surface area contributed by atoms with Gasteiger partial charge in [0, 0.05) is 30.7 Å². The number of nitrogens with zero attached hydrogens (tertiary/aromatic N) is 3. The minimum Gasteiger partial charge on any atom is -0.376 e. The molecule has 116 valence electrons. The molecule has 2 N–H and O–H groups in total. The molecular formula is C13H19ClN4O2S. The smallest absolute Gasteiger partial charge is 0.217 e. The van der Waals surface area contributed by atoms with Crippen molar-refractivity contribution in [2.45, 2.75) is 43.5 Å². The van der Waals surface area contributed by atoms with Crippen LogP contribution in [-0.2, 0) is 22.5 Å². The van der Waals surface area contributed by atoms with Gasteiger partial charge in [-0.05, 0) is 12.8 Å². The molecule has 1 aliphatic heterocycles. The van der Waals surface area contributed by atoms with E-state index in [0.29, 0.717) is 13.0 Å².